The number of methoxy groups -OCH3 is 1. The third-order valence-electron chi connectivity index (χ3n) is 6.20. The maximum Gasteiger partial charge on any atom is 0.358 e. The lowest BCUT2D eigenvalue weighted by molar-refractivity contribution is -0.134. The number of aromatic amines is 2. The van der Waals surface area contributed by atoms with Crippen LogP contribution in [0.2, 0.25) is 0 Å². The smallest absolute Gasteiger partial charge is 0.358 e. The van der Waals surface area contributed by atoms with Crippen molar-refractivity contribution in [3.63, 3.8) is 0 Å². The van der Waals surface area contributed by atoms with Gasteiger partial charge in [-0.05, 0) is 35.9 Å². The van der Waals surface area contributed by atoms with Gasteiger partial charge in [-0.3, -0.25) is 4.79 Å². The Balaban J connectivity index is 1.51. The van der Waals surface area contributed by atoms with Crippen molar-refractivity contribution in [3.8, 4) is 28.6 Å². The molecule has 210 valence electrons. The van der Waals surface area contributed by atoms with Gasteiger partial charge < -0.3 is 24.2 Å². The number of carbonyl (C=O) groups is 2. The minimum absolute atomic E-state index is 0.0361. The van der Waals surface area contributed by atoms with Gasteiger partial charge in [-0.1, -0.05) is 19.1 Å². The number of hydrogen-bond donors (Lipinski definition) is 2. The largest absolute Gasteiger partial charge is 0.464 e. The van der Waals surface area contributed by atoms with Crippen molar-refractivity contribution in [1.29, 1.82) is 0 Å². The number of esters is 2. The van der Waals surface area contributed by atoms with Gasteiger partial charge in [0.25, 0.3) is 0 Å². The minimum atomic E-state index is -0.981. The van der Waals surface area contributed by atoms with E-state index in [-0.39, 0.29) is 63.6 Å². The molecule has 2 aromatic heterocycles. The van der Waals surface area contributed by atoms with E-state index >= 15 is 4.39 Å². The Kier molecular flexibility index (Phi) is 7.47. The molecule has 0 saturated heterocycles. The third kappa shape index (κ3) is 5.36. The molecule has 5 rings (SSSR count). The third-order valence-corrected chi connectivity index (χ3v) is 6.20. The van der Waals surface area contributed by atoms with Crippen LogP contribution in [0.25, 0.3) is 22.3 Å². The Morgan fingerprint density at radius 1 is 0.976 bits per heavy atom. The molecule has 0 amide bonds. The molecule has 0 unspecified atom stereocenters. The summed E-state index contributed by atoms with van der Waals surface area (Å²) >= 11 is 0. The number of fused-ring (bicyclic) bond motifs is 1. The number of rotatable bonds is 8. The number of hydrogen-bond acceptors (Lipinski definition) is 6. The molecule has 0 radical (unpaired) electrons. The van der Waals surface area contributed by atoms with E-state index in [2.05, 4.69) is 15.0 Å². The average molecular weight is 567 g/mol. The first-order valence-corrected chi connectivity index (χ1v) is 12.3. The number of nitrogens with one attached hydrogen (secondary N) is 2. The first kappa shape index (κ1) is 27.4. The summed E-state index contributed by atoms with van der Waals surface area (Å²) in [5.74, 6) is -6.32. The molecular formula is C29H21F4N3O5. The molecule has 12 heteroatoms. The summed E-state index contributed by atoms with van der Waals surface area (Å²) in [5, 5.41) is 0.0999. The Bertz CT molecular complexity index is 1800. The maximum absolute atomic E-state index is 15.1. The van der Waals surface area contributed by atoms with E-state index in [1.165, 1.54) is 36.5 Å². The summed E-state index contributed by atoms with van der Waals surface area (Å²) in [7, 11) is 1.12. The molecule has 0 aliphatic rings. The molecule has 0 fully saturated rings. The van der Waals surface area contributed by atoms with Crippen molar-refractivity contribution in [1.82, 2.24) is 15.0 Å². The van der Waals surface area contributed by atoms with E-state index in [1.807, 2.05) is 0 Å². The van der Waals surface area contributed by atoms with Gasteiger partial charge in [0.2, 0.25) is 0 Å². The lowest BCUT2D eigenvalue weighted by atomic mass is 10.1. The highest BCUT2D eigenvalue weighted by Gasteiger charge is 2.24. The second kappa shape index (κ2) is 11.2. The van der Waals surface area contributed by atoms with E-state index in [1.54, 1.807) is 6.92 Å². The molecule has 0 spiro atoms. The van der Waals surface area contributed by atoms with Gasteiger partial charge in [-0.15, -0.1) is 0 Å². The van der Waals surface area contributed by atoms with Gasteiger partial charge in [-0.2, -0.15) is 0 Å². The van der Waals surface area contributed by atoms with E-state index in [0.29, 0.717) is 0 Å². The summed E-state index contributed by atoms with van der Waals surface area (Å²) in [6, 6.07) is 9.96. The summed E-state index contributed by atoms with van der Waals surface area (Å²) in [5.41, 5.74) is -0.0935. The number of H-pyrrole nitrogens is 2. The highest BCUT2D eigenvalue weighted by atomic mass is 19.1. The van der Waals surface area contributed by atoms with Crippen molar-refractivity contribution in [2.75, 3.05) is 7.11 Å². The molecule has 0 aliphatic carbocycles. The normalized spacial score (nSPS) is 11.1. The van der Waals surface area contributed by atoms with Crippen LogP contribution in [-0.4, -0.2) is 34.0 Å². The minimum Gasteiger partial charge on any atom is -0.464 e. The van der Waals surface area contributed by atoms with Gasteiger partial charge in [-0.25, -0.2) is 27.3 Å². The van der Waals surface area contributed by atoms with E-state index in [9.17, 15) is 22.8 Å². The molecule has 3 aromatic carbocycles. The van der Waals surface area contributed by atoms with Gasteiger partial charge >= 0.3 is 11.9 Å². The van der Waals surface area contributed by atoms with Crippen LogP contribution < -0.4 is 9.47 Å². The summed E-state index contributed by atoms with van der Waals surface area (Å²) in [4.78, 5) is 33.8. The number of aromatic nitrogens is 3. The Labute approximate surface area is 229 Å². The van der Waals surface area contributed by atoms with Gasteiger partial charge in [0.15, 0.2) is 34.6 Å². The van der Waals surface area contributed by atoms with Gasteiger partial charge in [0.1, 0.15) is 17.4 Å². The van der Waals surface area contributed by atoms with Crippen LogP contribution in [0.4, 0.5) is 17.6 Å². The standard InChI is InChI=1S/C29H21F4N3O5/c1-3-23(37)41-22-6-4-5-14(24(22)32)11-21-26(29(38)39-2)36-28(35-21)17-12-15(7-8-18(17)30)40-27-19(31)13-20-16(25(27)33)9-10-34-20/h4-10,12-13,34H,3,11H2,1-2H3,(H,35,36). The lowest BCUT2D eigenvalue weighted by Crippen LogP contribution is -2.09. The zero-order valence-electron chi connectivity index (χ0n) is 21.6. The number of benzene rings is 3. The molecule has 8 nitrogen and oxygen atoms in total. The quantitative estimate of drug-likeness (QED) is 0.124. The summed E-state index contributed by atoms with van der Waals surface area (Å²) in [6.07, 6.45) is 1.25. The number of imidazole rings is 1. The molecule has 0 aliphatic heterocycles. The van der Waals surface area contributed by atoms with Crippen molar-refractivity contribution < 1.29 is 41.4 Å². The fourth-order valence-corrected chi connectivity index (χ4v) is 4.16. The first-order valence-electron chi connectivity index (χ1n) is 12.3. The van der Waals surface area contributed by atoms with Crippen LogP contribution in [0.5, 0.6) is 17.2 Å². The number of ether oxygens (including phenoxy) is 3. The predicted octanol–water partition coefficient (Wildman–Crippen LogP) is 6.60. The number of nitrogens with zero attached hydrogens (tertiary/aromatic N) is 1. The highest BCUT2D eigenvalue weighted by Crippen LogP contribution is 2.35. The van der Waals surface area contributed by atoms with Crippen LogP contribution in [0.15, 0.2) is 54.7 Å². The topological polar surface area (TPSA) is 106 Å². The second-order valence-electron chi connectivity index (χ2n) is 8.82. The molecule has 0 saturated carbocycles. The Hall–Kier alpha value is -5.13. The summed E-state index contributed by atoms with van der Waals surface area (Å²) in [6.45, 7) is 1.56. The zero-order chi connectivity index (χ0) is 29.3. The fraction of sp³-hybridized carbons (Fsp3) is 0.138. The second-order valence-corrected chi connectivity index (χ2v) is 8.82. The highest BCUT2D eigenvalue weighted by molar-refractivity contribution is 5.89. The van der Waals surface area contributed by atoms with E-state index < -0.39 is 41.0 Å². The van der Waals surface area contributed by atoms with Crippen LogP contribution in [0, 0.1) is 23.3 Å². The maximum atomic E-state index is 15.1. The molecule has 41 heavy (non-hydrogen) atoms. The Morgan fingerprint density at radius 3 is 2.54 bits per heavy atom. The van der Waals surface area contributed by atoms with Gasteiger partial charge in [0, 0.05) is 30.5 Å². The van der Waals surface area contributed by atoms with Crippen molar-refractivity contribution in [2.24, 2.45) is 0 Å². The van der Waals surface area contributed by atoms with Crippen molar-refractivity contribution >= 4 is 22.8 Å². The molecule has 0 atom stereocenters. The average Bonchev–Trinajstić information content (AvgIpc) is 3.61. The predicted molar refractivity (Wildman–Crippen MR) is 139 cm³/mol. The Morgan fingerprint density at radius 2 is 1.78 bits per heavy atom. The van der Waals surface area contributed by atoms with Crippen LogP contribution in [0.1, 0.15) is 35.1 Å². The van der Waals surface area contributed by atoms with Gasteiger partial charge in [0.05, 0.1) is 23.9 Å². The first-order chi connectivity index (χ1) is 19.7. The molecular weight excluding hydrogens is 546 g/mol. The zero-order valence-corrected chi connectivity index (χ0v) is 21.6. The molecule has 2 heterocycles. The number of carbonyl (C=O) groups excluding carboxylic acids is 2. The number of halogens is 4. The van der Waals surface area contributed by atoms with Crippen LogP contribution in [0.3, 0.4) is 0 Å². The van der Waals surface area contributed by atoms with E-state index in [0.717, 1.165) is 25.3 Å². The molecule has 5 aromatic rings. The van der Waals surface area contributed by atoms with Crippen LogP contribution in [-0.2, 0) is 16.0 Å². The molecule has 0 bridgehead atoms. The van der Waals surface area contributed by atoms with Crippen LogP contribution >= 0.6 is 0 Å². The molecule has 2 N–H and O–H groups in total. The van der Waals surface area contributed by atoms with Crippen molar-refractivity contribution in [3.05, 3.63) is 94.9 Å². The van der Waals surface area contributed by atoms with E-state index in [4.69, 9.17) is 14.2 Å². The van der Waals surface area contributed by atoms with Crippen molar-refractivity contribution in [2.45, 2.75) is 19.8 Å². The SMILES string of the molecule is CCC(=O)Oc1cccc(Cc2[nH]c(-c3cc(Oc4c(F)cc5[nH]ccc5c4F)ccc3F)nc2C(=O)OC)c1F. The monoisotopic (exact) mass is 567 g/mol. The summed E-state index contributed by atoms with van der Waals surface area (Å²) < 4.78 is 74.8. The lowest BCUT2D eigenvalue weighted by Gasteiger charge is -2.10. The fourth-order valence-electron chi connectivity index (χ4n) is 4.16.